The molecule has 132 valence electrons. The van der Waals surface area contributed by atoms with E-state index in [1.54, 1.807) is 18.2 Å². The maximum absolute atomic E-state index is 13.6. The van der Waals surface area contributed by atoms with Crippen LogP contribution < -0.4 is 10.6 Å². The molecule has 5 nitrogen and oxygen atoms in total. The zero-order chi connectivity index (χ0) is 18.4. The summed E-state index contributed by atoms with van der Waals surface area (Å²) in [5.41, 5.74) is 3.09. The lowest BCUT2D eigenvalue weighted by Crippen LogP contribution is -2.23. The fourth-order valence-corrected chi connectivity index (χ4v) is 2.44. The third-order valence-electron chi connectivity index (χ3n) is 4.01. The molecule has 0 atom stereocenters. The van der Waals surface area contributed by atoms with Crippen LogP contribution in [0.2, 0.25) is 0 Å². The second-order valence-corrected chi connectivity index (χ2v) is 5.85. The Hall–Kier alpha value is -3.28. The van der Waals surface area contributed by atoms with Gasteiger partial charge in [0.05, 0.1) is 5.56 Å². The van der Waals surface area contributed by atoms with E-state index < -0.39 is 0 Å². The number of hydrogen-bond acceptors (Lipinski definition) is 4. The van der Waals surface area contributed by atoms with E-state index >= 15 is 0 Å². The number of nitrogens with one attached hydrogen (secondary N) is 2. The van der Waals surface area contributed by atoms with Crippen molar-refractivity contribution in [3.63, 3.8) is 0 Å². The van der Waals surface area contributed by atoms with Crippen LogP contribution in [0.25, 0.3) is 0 Å². The Bertz CT molecular complexity index is 896. The number of amides is 1. The topological polar surface area (TPSA) is 66.9 Å². The van der Waals surface area contributed by atoms with Gasteiger partial charge in [0.15, 0.2) is 0 Å². The Kier molecular flexibility index (Phi) is 5.53. The molecule has 0 spiro atoms. The molecule has 0 fully saturated rings. The SMILES string of the molecule is Cc1ccccc1CNc1ncc(C(=O)NCc2ccccc2F)cn1. The molecule has 0 radical (unpaired) electrons. The van der Waals surface area contributed by atoms with Gasteiger partial charge in [-0.2, -0.15) is 0 Å². The first-order chi connectivity index (χ1) is 12.6. The van der Waals surface area contributed by atoms with Crippen LogP contribution >= 0.6 is 0 Å². The van der Waals surface area contributed by atoms with Crippen LogP contribution in [0, 0.1) is 12.7 Å². The lowest BCUT2D eigenvalue weighted by atomic mass is 10.1. The molecular weight excluding hydrogens is 331 g/mol. The van der Waals surface area contributed by atoms with Crippen molar-refractivity contribution in [3.8, 4) is 0 Å². The van der Waals surface area contributed by atoms with E-state index in [9.17, 15) is 9.18 Å². The van der Waals surface area contributed by atoms with Crippen molar-refractivity contribution < 1.29 is 9.18 Å². The van der Waals surface area contributed by atoms with Gasteiger partial charge in [0, 0.05) is 31.0 Å². The van der Waals surface area contributed by atoms with Crippen LogP contribution in [0.1, 0.15) is 27.0 Å². The lowest BCUT2D eigenvalue weighted by Gasteiger charge is -2.08. The summed E-state index contributed by atoms with van der Waals surface area (Å²) in [5, 5.41) is 5.79. The summed E-state index contributed by atoms with van der Waals surface area (Å²) in [6.07, 6.45) is 2.90. The molecule has 1 aromatic heterocycles. The molecule has 0 saturated heterocycles. The Labute approximate surface area is 151 Å². The zero-order valence-corrected chi connectivity index (χ0v) is 14.4. The number of aryl methyl sites for hydroxylation is 1. The molecule has 0 aliphatic rings. The van der Waals surface area contributed by atoms with Crippen molar-refractivity contribution >= 4 is 11.9 Å². The number of rotatable bonds is 6. The molecule has 2 aromatic carbocycles. The van der Waals surface area contributed by atoms with Crippen molar-refractivity contribution in [3.05, 3.63) is 89.0 Å². The Morgan fingerprint density at radius 3 is 2.31 bits per heavy atom. The maximum Gasteiger partial charge on any atom is 0.254 e. The number of nitrogens with zero attached hydrogens (tertiary/aromatic N) is 2. The highest BCUT2D eigenvalue weighted by Crippen LogP contribution is 2.10. The standard InChI is InChI=1S/C20H19FN4O/c1-14-6-2-3-7-15(14)10-23-20-24-12-17(13-25-20)19(26)22-11-16-8-4-5-9-18(16)21/h2-9,12-13H,10-11H2,1H3,(H,22,26)(H,23,24,25). The zero-order valence-electron chi connectivity index (χ0n) is 14.4. The van der Waals surface area contributed by atoms with E-state index in [1.165, 1.54) is 24.0 Å². The van der Waals surface area contributed by atoms with Gasteiger partial charge in [0.1, 0.15) is 5.82 Å². The molecule has 0 saturated carbocycles. The molecule has 6 heteroatoms. The molecule has 1 amide bonds. The van der Waals surface area contributed by atoms with E-state index in [4.69, 9.17) is 0 Å². The van der Waals surface area contributed by atoms with Gasteiger partial charge in [-0.3, -0.25) is 4.79 Å². The second kappa shape index (κ2) is 8.20. The lowest BCUT2D eigenvalue weighted by molar-refractivity contribution is 0.0950. The minimum absolute atomic E-state index is 0.110. The first-order valence-electron chi connectivity index (χ1n) is 8.25. The second-order valence-electron chi connectivity index (χ2n) is 5.85. The molecular formula is C20H19FN4O. The van der Waals surface area contributed by atoms with Crippen molar-refractivity contribution in [2.45, 2.75) is 20.0 Å². The monoisotopic (exact) mass is 350 g/mol. The smallest absolute Gasteiger partial charge is 0.254 e. The van der Waals surface area contributed by atoms with Crippen molar-refractivity contribution in [1.82, 2.24) is 15.3 Å². The highest BCUT2D eigenvalue weighted by Gasteiger charge is 2.08. The molecule has 0 aliphatic carbocycles. The highest BCUT2D eigenvalue weighted by molar-refractivity contribution is 5.93. The van der Waals surface area contributed by atoms with Crippen molar-refractivity contribution in [2.24, 2.45) is 0 Å². The molecule has 0 unspecified atom stereocenters. The molecule has 3 rings (SSSR count). The summed E-state index contributed by atoms with van der Waals surface area (Å²) in [5.74, 6) is -0.252. The van der Waals surface area contributed by atoms with Gasteiger partial charge in [-0.25, -0.2) is 14.4 Å². The number of anilines is 1. The van der Waals surface area contributed by atoms with Crippen LogP contribution in [0.5, 0.6) is 0 Å². The first kappa shape index (κ1) is 17.5. The fraction of sp³-hybridized carbons (Fsp3) is 0.150. The summed E-state index contributed by atoms with van der Waals surface area (Å²) < 4.78 is 13.6. The quantitative estimate of drug-likeness (QED) is 0.714. The minimum atomic E-state index is -0.348. The number of halogens is 1. The Morgan fingerprint density at radius 2 is 1.62 bits per heavy atom. The predicted molar refractivity (Wildman–Crippen MR) is 98.1 cm³/mol. The molecule has 0 aliphatic heterocycles. The summed E-state index contributed by atoms with van der Waals surface area (Å²) in [4.78, 5) is 20.5. The van der Waals surface area contributed by atoms with Crippen LogP contribution in [-0.2, 0) is 13.1 Å². The van der Waals surface area contributed by atoms with Gasteiger partial charge < -0.3 is 10.6 Å². The predicted octanol–water partition coefficient (Wildman–Crippen LogP) is 3.47. The highest BCUT2D eigenvalue weighted by atomic mass is 19.1. The number of hydrogen-bond donors (Lipinski definition) is 2. The van der Waals surface area contributed by atoms with Crippen LogP contribution in [0.3, 0.4) is 0 Å². The molecule has 0 bridgehead atoms. The summed E-state index contributed by atoms with van der Waals surface area (Å²) in [6.45, 7) is 2.76. The van der Waals surface area contributed by atoms with E-state index in [2.05, 4.69) is 20.6 Å². The largest absolute Gasteiger partial charge is 0.350 e. The fourth-order valence-electron chi connectivity index (χ4n) is 2.44. The van der Waals surface area contributed by atoms with Gasteiger partial charge >= 0.3 is 0 Å². The average molecular weight is 350 g/mol. The number of benzene rings is 2. The van der Waals surface area contributed by atoms with E-state index in [0.717, 1.165) is 5.56 Å². The van der Waals surface area contributed by atoms with Gasteiger partial charge in [-0.15, -0.1) is 0 Å². The third-order valence-corrected chi connectivity index (χ3v) is 4.01. The summed E-state index contributed by atoms with van der Waals surface area (Å²) in [6, 6.07) is 14.4. The van der Waals surface area contributed by atoms with Gasteiger partial charge in [0.25, 0.3) is 5.91 Å². The van der Waals surface area contributed by atoms with Crippen LogP contribution in [0.4, 0.5) is 10.3 Å². The maximum atomic E-state index is 13.6. The third kappa shape index (κ3) is 4.42. The van der Waals surface area contributed by atoms with E-state index in [1.807, 2.05) is 31.2 Å². The van der Waals surface area contributed by atoms with E-state index in [0.29, 0.717) is 23.6 Å². The van der Waals surface area contributed by atoms with Gasteiger partial charge in [-0.05, 0) is 24.1 Å². The average Bonchev–Trinajstić information content (AvgIpc) is 2.67. The number of carbonyl (C=O) groups is 1. The van der Waals surface area contributed by atoms with Crippen LogP contribution in [0.15, 0.2) is 60.9 Å². The minimum Gasteiger partial charge on any atom is -0.350 e. The molecule has 26 heavy (non-hydrogen) atoms. The number of carbonyl (C=O) groups excluding carboxylic acids is 1. The Morgan fingerprint density at radius 1 is 0.962 bits per heavy atom. The van der Waals surface area contributed by atoms with Gasteiger partial charge in [0.2, 0.25) is 5.95 Å². The van der Waals surface area contributed by atoms with Crippen molar-refractivity contribution in [1.29, 1.82) is 0 Å². The first-order valence-corrected chi connectivity index (χ1v) is 8.25. The summed E-state index contributed by atoms with van der Waals surface area (Å²) in [7, 11) is 0. The normalized spacial score (nSPS) is 10.4. The molecule has 3 aromatic rings. The van der Waals surface area contributed by atoms with E-state index in [-0.39, 0.29) is 18.3 Å². The number of aromatic nitrogens is 2. The van der Waals surface area contributed by atoms with Gasteiger partial charge in [-0.1, -0.05) is 42.5 Å². The Balaban J connectivity index is 1.56. The summed E-state index contributed by atoms with van der Waals surface area (Å²) >= 11 is 0. The molecule has 2 N–H and O–H groups in total. The molecule has 1 heterocycles. The van der Waals surface area contributed by atoms with Crippen molar-refractivity contribution in [2.75, 3.05) is 5.32 Å². The van der Waals surface area contributed by atoms with Crippen LogP contribution in [-0.4, -0.2) is 15.9 Å².